The molecule has 0 unspecified atom stereocenters. The maximum absolute atomic E-state index is 11.2. The fourth-order valence-electron chi connectivity index (χ4n) is 3.34. The summed E-state index contributed by atoms with van der Waals surface area (Å²) in [5.41, 5.74) is 1.26. The minimum absolute atomic E-state index is 0.165. The highest BCUT2D eigenvalue weighted by Crippen LogP contribution is 2.52. The fraction of sp³-hybridized carbons (Fsp3) is 0.400. The van der Waals surface area contributed by atoms with Crippen molar-refractivity contribution in [2.75, 3.05) is 7.11 Å². The Kier molecular flexibility index (Phi) is 2.50. The van der Waals surface area contributed by atoms with Gasteiger partial charge < -0.3 is 9.53 Å². The van der Waals surface area contributed by atoms with Crippen molar-refractivity contribution in [2.45, 2.75) is 12.3 Å². The molecule has 0 N–H and O–H groups in total. The van der Waals surface area contributed by atoms with E-state index in [9.17, 15) is 4.79 Å². The molecule has 0 radical (unpaired) electrons. The summed E-state index contributed by atoms with van der Waals surface area (Å²) in [6, 6.07) is 8.14. The lowest BCUT2D eigenvalue weighted by atomic mass is 9.79. The summed E-state index contributed by atoms with van der Waals surface area (Å²) in [7, 11) is 1.67. The molecule has 1 aromatic carbocycles. The van der Waals surface area contributed by atoms with Gasteiger partial charge in [-0.25, -0.2) is 0 Å². The highest BCUT2D eigenvalue weighted by Gasteiger charge is 2.44. The van der Waals surface area contributed by atoms with Gasteiger partial charge in [0.05, 0.1) is 7.11 Å². The maximum atomic E-state index is 11.2. The molecule has 0 aliphatic heterocycles. The third kappa shape index (κ3) is 1.59. The summed E-state index contributed by atoms with van der Waals surface area (Å²) in [5, 5.41) is 0. The van der Waals surface area contributed by atoms with Crippen LogP contribution in [0.2, 0.25) is 0 Å². The third-order valence-corrected chi connectivity index (χ3v) is 4.18. The lowest BCUT2D eigenvalue weighted by Crippen LogP contribution is -2.18. The SMILES string of the molecule is COc1ccc([C@H]2[C@H](C=O)[C@H]3C=C[C@@H]2C3)cc1. The van der Waals surface area contributed by atoms with Crippen LogP contribution >= 0.6 is 0 Å². The summed E-state index contributed by atoms with van der Waals surface area (Å²) in [6.45, 7) is 0. The number of hydrogen-bond donors (Lipinski definition) is 0. The molecule has 1 saturated carbocycles. The number of methoxy groups -OCH3 is 1. The van der Waals surface area contributed by atoms with Crippen LogP contribution in [0.25, 0.3) is 0 Å². The molecule has 2 heteroatoms. The summed E-state index contributed by atoms with van der Waals surface area (Å²) in [5.74, 6) is 2.41. The van der Waals surface area contributed by atoms with Gasteiger partial charge in [0, 0.05) is 11.8 Å². The maximum Gasteiger partial charge on any atom is 0.124 e. The number of ether oxygens (including phenoxy) is 1. The zero-order valence-corrected chi connectivity index (χ0v) is 9.87. The van der Waals surface area contributed by atoms with E-state index in [0.717, 1.165) is 18.5 Å². The van der Waals surface area contributed by atoms with E-state index in [1.54, 1.807) is 7.11 Å². The van der Waals surface area contributed by atoms with E-state index in [4.69, 9.17) is 4.74 Å². The molecule has 2 aliphatic carbocycles. The summed E-state index contributed by atoms with van der Waals surface area (Å²) in [6.07, 6.45) is 6.77. The second-order valence-electron chi connectivity index (χ2n) is 4.96. The Morgan fingerprint density at radius 2 is 1.88 bits per heavy atom. The predicted octanol–water partition coefficient (Wildman–Crippen LogP) is 2.80. The molecular formula is C15H16O2. The molecule has 0 amide bonds. The van der Waals surface area contributed by atoms with Crippen LogP contribution in [0, 0.1) is 17.8 Å². The van der Waals surface area contributed by atoms with Crippen molar-refractivity contribution in [1.29, 1.82) is 0 Å². The fourth-order valence-corrected chi connectivity index (χ4v) is 3.34. The quantitative estimate of drug-likeness (QED) is 0.587. The van der Waals surface area contributed by atoms with Crippen LogP contribution in [0.1, 0.15) is 17.9 Å². The van der Waals surface area contributed by atoms with Gasteiger partial charge >= 0.3 is 0 Å². The average Bonchev–Trinajstić information content (AvgIpc) is 2.98. The van der Waals surface area contributed by atoms with E-state index in [1.165, 1.54) is 5.56 Å². The molecule has 4 atom stereocenters. The van der Waals surface area contributed by atoms with E-state index in [0.29, 0.717) is 17.8 Å². The Hall–Kier alpha value is -1.57. The zero-order chi connectivity index (χ0) is 11.8. The highest BCUT2D eigenvalue weighted by atomic mass is 16.5. The number of allylic oxidation sites excluding steroid dienone is 2. The van der Waals surface area contributed by atoms with Gasteiger partial charge in [0.2, 0.25) is 0 Å². The standard InChI is InChI=1S/C15H16O2/c1-17-13-6-4-10(5-7-13)15-12-3-2-11(8-12)14(15)9-16/h2-7,9,11-12,14-15H,8H2,1H3/t11-,12+,14+,15+/m0/s1. The van der Waals surface area contributed by atoms with Gasteiger partial charge in [0.25, 0.3) is 0 Å². The minimum atomic E-state index is 0.165. The molecule has 1 aromatic rings. The second kappa shape index (κ2) is 4.02. The van der Waals surface area contributed by atoms with E-state index in [-0.39, 0.29) is 5.92 Å². The van der Waals surface area contributed by atoms with Gasteiger partial charge in [-0.2, -0.15) is 0 Å². The molecule has 0 saturated heterocycles. The predicted molar refractivity (Wildman–Crippen MR) is 66.0 cm³/mol. The number of hydrogen-bond acceptors (Lipinski definition) is 2. The van der Waals surface area contributed by atoms with E-state index < -0.39 is 0 Å². The summed E-state index contributed by atoms with van der Waals surface area (Å²) in [4.78, 5) is 11.2. The molecule has 2 nitrogen and oxygen atoms in total. The molecule has 0 spiro atoms. The van der Waals surface area contributed by atoms with Crippen LogP contribution in [0.3, 0.4) is 0 Å². The van der Waals surface area contributed by atoms with Gasteiger partial charge in [-0.05, 0) is 36.0 Å². The topological polar surface area (TPSA) is 26.3 Å². The largest absolute Gasteiger partial charge is 0.497 e. The van der Waals surface area contributed by atoms with Crippen molar-refractivity contribution in [3.63, 3.8) is 0 Å². The molecule has 0 aromatic heterocycles. The molecular weight excluding hydrogens is 212 g/mol. The highest BCUT2D eigenvalue weighted by molar-refractivity contribution is 5.60. The summed E-state index contributed by atoms with van der Waals surface area (Å²) < 4.78 is 5.16. The first-order chi connectivity index (χ1) is 8.33. The van der Waals surface area contributed by atoms with Crippen molar-refractivity contribution in [2.24, 2.45) is 17.8 Å². The first kappa shape index (κ1) is 10.6. The average molecular weight is 228 g/mol. The Balaban J connectivity index is 1.92. The van der Waals surface area contributed by atoms with Crippen molar-refractivity contribution in [3.05, 3.63) is 42.0 Å². The molecule has 17 heavy (non-hydrogen) atoms. The third-order valence-electron chi connectivity index (χ3n) is 4.18. The van der Waals surface area contributed by atoms with Crippen LogP contribution in [-0.4, -0.2) is 13.4 Å². The molecule has 3 rings (SSSR count). The smallest absolute Gasteiger partial charge is 0.124 e. The zero-order valence-electron chi connectivity index (χ0n) is 9.87. The van der Waals surface area contributed by atoms with Crippen molar-refractivity contribution < 1.29 is 9.53 Å². The van der Waals surface area contributed by atoms with Crippen molar-refractivity contribution >= 4 is 6.29 Å². The number of rotatable bonds is 3. The lowest BCUT2D eigenvalue weighted by Gasteiger charge is -2.24. The monoisotopic (exact) mass is 228 g/mol. The molecule has 88 valence electrons. The molecule has 2 aliphatic rings. The van der Waals surface area contributed by atoms with Gasteiger partial charge in [-0.3, -0.25) is 0 Å². The lowest BCUT2D eigenvalue weighted by molar-refractivity contribution is -0.112. The van der Waals surface area contributed by atoms with Crippen LogP contribution in [-0.2, 0) is 4.79 Å². The number of carbonyl (C=O) groups excluding carboxylic acids is 1. The summed E-state index contributed by atoms with van der Waals surface area (Å²) >= 11 is 0. The van der Waals surface area contributed by atoms with E-state index in [1.807, 2.05) is 12.1 Å². The number of fused-ring (bicyclic) bond motifs is 2. The van der Waals surface area contributed by atoms with Crippen molar-refractivity contribution in [3.8, 4) is 5.75 Å². The molecule has 1 fully saturated rings. The number of aldehydes is 1. The van der Waals surface area contributed by atoms with Crippen LogP contribution in [0.15, 0.2) is 36.4 Å². The van der Waals surface area contributed by atoms with Crippen molar-refractivity contribution in [1.82, 2.24) is 0 Å². The van der Waals surface area contributed by atoms with E-state index >= 15 is 0 Å². The number of carbonyl (C=O) groups is 1. The van der Waals surface area contributed by atoms with Gasteiger partial charge in [0.1, 0.15) is 12.0 Å². The molecule has 2 bridgehead atoms. The Bertz CT molecular complexity index is 446. The minimum Gasteiger partial charge on any atom is -0.497 e. The van der Waals surface area contributed by atoms with E-state index in [2.05, 4.69) is 24.3 Å². The van der Waals surface area contributed by atoms with Crippen LogP contribution < -0.4 is 4.74 Å². The Morgan fingerprint density at radius 3 is 2.53 bits per heavy atom. The first-order valence-corrected chi connectivity index (χ1v) is 6.11. The number of benzene rings is 1. The molecule has 0 heterocycles. The van der Waals surface area contributed by atoms with Crippen LogP contribution in [0.4, 0.5) is 0 Å². The first-order valence-electron chi connectivity index (χ1n) is 6.11. The Morgan fingerprint density at radius 1 is 1.18 bits per heavy atom. The van der Waals surface area contributed by atoms with Gasteiger partial charge in [-0.1, -0.05) is 24.3 Å². The van der Waals surface area contributed by atoms with Crippen LogP contribution in [0.5, 0.6) is 5.75 Å². The van der Waals surface area contributed by atoms with Gasteiger partial charge in [-0.15, -0.1) is 0 Å². The normalized spacial score (nSPS) is 33.9. The second-order valence-corrected chi connectivity index (χ2v) is 4.96. The Labute approximate surface area is 101 Å². The van der Waals surface area contributed by atoms with Gasteiger partial charge in [0.15, 0.2) is 0 Å².